The Morgan fingerprint density at radius 3 is 2.24 bits per heavy atom. The highest BCUT2D eigenvalue weighted by Gasteiger charge is 2.19. The molecule has 6 nitrogen and oxygen atoms in total. The Balaban J connectivity index is 2.53. The molecule has 8 heteroatoms. The SMILES string of the molecule is O=C(O)c1cccc(C(=O)O)c1Cc1ncc(Cl)c(F)n1. The van der Waals surface area contributed by atoms with Crippen LogP contribution in [0.1, 0.15) is 32.1 Å². The Morgan fingerprint density at radius 2 is 1.76 bits per heavy atom. The zero-order valence-electron chi connectivity index (χ0n) is 10.4. The molecule has 0 bridgehead atoms. The largest absolute Gasteiger partial charge is 0.478 e. The van der Waals surface area contributed by atoms with Crippen molar-refractivity contribution in [1.82, 2.24) is 9.97 Å². The second-order valence-electron chi connectivity index (χ2n) is 4.04. The van der Waals surface area contributed by atoms with Gasteiger partial charge in [-0.05, 0) is 17.7 Å². The minimum Gasteiger partial charge on any atom is -0.478 e. The fourth-order valence-electron chi connectivity index (χ4n) is 1.80. The summed E-state index contributed by atoms with van der Waals surface area (Å²) in [5.74, 6) is -3.59. The van der Waals surface area contributed by atoms with Crippen LogP contribution in [0.2, 0.25) is 5.02 Å². The highest BCUT2D eigenvalue weighted by Crippen LogP contribution is 2.19. The molecular weight excluding hydrogens is 303 g/mol. The number of carboxylic acids is 2. The second kappa shape index (κ2) is 5.84. The first kappa shape index (κ1) is 14.9. The van der Waals surface area contributed by atoms with Crippen molar-refractivity contribution in [3.63, 3.8) is 0 Å². The molecule has 0 spiro atoms. The monoisotopic (exact) mass is 310 g/mol. The number of benzene rings is 1. The summed E-state index contributed by atoms with van der Waals surface area (Å²) < 4.78 is 13.3. The lowest BCUT2D eigenvalue weighted by molar-refractivity contribution is 0.0696. The van der Waals surface area contributed by atoms with E-state index in [1.165, 1.54) is 18.2 Å². The third-order valence-corrected chi connectivity index (χ3v) is 2.98. The van der Waals surface area contributed by atoms with E-state index in [-0.39, 0.29) is 34.0 Å². The zero-order chi connectivity index (χ0) is 15.6. The number of rotatable bonds is 4. The standard InChI is InChI=1S/C13H8ClFN2O4/c14-9-5-16-10(17-11(9)15)4-8-6(12(18)19)2-1-3-7(8)13(20)21/h1-3,5H,4H2,(H,18,19)(H,20,21). The van der Waals surface area contributed by atoms with Gasteiger partial charge >= 0.3 is 11.9 Å². The minimum absolute atomic E-state index is 0.000720. The van der Waals surface area contributed by atoms with E-state index in [9.17, 15) is 14.0 Å². The summed E-state index contributed by atoms with van der Waals surface area (Å²) >= 11 is 5.46. The van der Waals surface area contributed by atoms with Gasteiger partial charge in [0.15, 0.2) is 0 Å². The van der Waals surface area contributed by atoms with E-state index < -0.39 is 17.9 Å². The summed E-state index contributed by atoms with van der Waals surface area (Å²) in [6.07, 6.45) is 0.793. The summed E-state index contributed by atoms with van der Waals surface area (Å²) in [5.41, 5.74) is -0.401. The van der Waals surface area contributed by atoms with Crippen LogP contribution in [0.3, 0.4) is 0 Å². The van der Waals surface area contributed by atoms with Gasteiger partial charge in [-0.15, -0.1) is 0 Å². The molecule has 0 unspecified atom stereocenters. The topological polar surface area (TPSA) is 100 Å². The molecule has 21 heavy (non-hydrogen) atoms. The first-order chi connectivity index (χ1) is 9.90. The first-order valence-corrected chi connectivity index (χ1v) is 6.03. The number of aromatic nitrogens is 2. The van der Waals surface area contributed by atoms with E-state index >= 15 is 0 Å². The molecule has 0 aliphatic carbocycles. The fourth-order valence-corrected chi connectivity index (χ4v) is 1.89. The number of halogens is 2. The second-order valence-corrected chi connectivity index (χ2v) is 4.45. The fraction of sp³-hybridized carbons (Fsp3) is 0.0769. The van der Waals surface area contributed by atoms with Crippen LogP contribution in [0.25, 0.3) is 0 Å². The lowest BCUT2D eigenvalue weighted by Crippen LogP contribution is -2.12. The molecule has 1 aromatic carbocycles. The van der Waals surface area contributed by atoms with Gasteiger partial charge in [0.1, 0.15) is 10.8 Å². The number of aromatic carboxylic acids is 2. The zero-order valence-corrected chi connectivity index (χ0v) is 11.1. The van der Waals surface area contributed by atoms with Crippen molar-refractivity contribution < 1.29 is 24.2 Å². The molecule has 1 aromatic heterocycles. The van der Waals surface area contributed by atoms with Gasteiger partial charge in [0.2, 0.25) is 5.95 Å². The van der Waals surface area contributed by atoms with Crippen molar-refractivity contribution in [3.05, 3.63) is 57.9 Å². The summed E-state index contributed by atoms with van der Waals surface area (Å²) in [6, 6.07) is 3.84. The Bertz CT molecular complexity index is 704. The lowest BCUT2D eigenvalue weighted by atomic mass is 9.98. The van der Waals surface area contributed by atoms with Gasteiger partial charge in [-0.2, -0.15) is 4.39 Å². The van der Waals surface area contributed by atoms with Crippen LogP contribution >= 0.6 is 11.6 Å². The number of hydrogen-bond donors (Lipinski definition) is 2. The maximum atomic E-state index is 13.3. The number of nitrogens with zero attached hydrogens (tertiary/aromatic N) is 2. The average Bonchev–Trinajstić information content (AvgIpc) is 2.42. The molecule has 2 rings (SSSR count). The van der Waals surface area contributed by atoms with Crippen molar-refractivity contribution in [3.8, 4) is 0 Å². The highest BCUT2D eigenvalue weighted by atomic mass is 35.5. The third-order valence-electron chi connectivity index (χ3n) is 2.72. The molecule has 108 valence electrons. The van der Waals surface area contributed by atoms with Crippen LogP contribution in [-0.2, 0) is 6.42 Å². The predicted molar refractivity (Wildman–Crippen MR) is 70.2 cm³/mol. The Kier molecular flexibility index (Phi) is 4.13. The molecule has 0 atom stereocenters. The summed E-state index contributed by atoms with van der Waals surface area (Å²) in [7, 11) is 0. The number of hydrogen-bond acceptors (Lipinski definition) is 4. The van der Waals surface area contributed by atoms with Gasteiger partial charge in [-0.25, -0.2) is 19.6 Å². The average molecular weight is 311 g/mol. The van der Waals surface area contributed by atoms with Gasteiger partial charge in [0.25, 0.3) is 0 Å². The molecule has 0 saturated heterocycles. The summed E-state index contributed by atoms with van der Waals surface area (Å²) in [5, 5.41) is 18.0. The summed E-state index contributed by atoms with van der Waals surface area (Å²) in [6.45, 7) is 0. The first-order valence-electron chi connectivity index (χ1n) is 5.65. The maximum absolute atomic E-state index is 13.3. The van der Waals surface area contributed by atoms with Gasteiger partial charge in [0, 0.05) is 6.42 Å². The Morgan fingerprint density at radius 1 is 1.19 bits per heavy atom. The quantitative estimate of drug-likeness (QED) is 0.840. The van der Waals surface area contributed by atoms with E-state index in [1.807, 2.05) is 0 Å². The van der Waals surface area contributed by atoms with E-state index in [0.717, 1.165) is 6.20 Å². The third kappa shape index (κ3) is 3.14. The smallest absolute Gasteiger partial charge is 0.336 e. The van der Waals surface area contributed by atoms with Crippen molar-refractivity contribution >= 4 is 23.5 Å². The van der Waals surface area contributed by atoms with E-state index in [0.29, 0.717) is 0 Å². The normalized spacial score (nSPS) is 10.4. The molecule has 0 fully saturated rings. The van der Waals surface area contributed by atoms with Crippen molar-refractivity contribution in [2.45, 2.75) is 6.42 Å². The van der Waals surface area contributed by atoms with Crippen LogP contribution in [0, 0.1) is 5.95 Å². The van der Waals surface area contributed by atoms with E-state index in [1.54, 1.807) is 0 Å². The molecule has 0 saturated carbocycles. The molecule has 0 aliphatic rings. The number of carbonyl (C=O) groups is 2. The van der Waals surface area contributed by atoms with Crippen molar-refractivity contribution in [2.24, 2.45) is 0 Å². The van der Waals surface area contributed by atoms with Crippen LogP contribution in [0.5, 0.6) is 0 Å². The molecule has 2 N–H and O–H groups in total. The number of carboxylic acid groups (broad SMARTS) is 2. The van der Waals surface area contributed by atoms with Gasteiger partial charge in [0.05, 0.1) is 17.3 Å². The van der Waals surface area contributed by atoms with Crippen LogP contribution < -0.4 is 0 Å². The van der Waals surface area contributed by atoms with Crippen LogP contribution in [-0.4, -0.2) is 32.1 Å². The molecule has 0 aliphatic heterocycles. The Hall–Kier alpha value is -2.54. The van der Waals surface area contributed by atoms with Crippen molar-refractivity contribution in [1.29, 1.82) is 0 Å². The highest BCUT2D eigenvalue weighted by molar-refractivity contribution is 6.30. The van der Waals surface area contributed by atoms with E-state index in [4.69, 9.17) is 21.8 Å². The molecule has 0 amide bonds. The van der Waals surface area contributed by atoms with Gasteiger partial charge in [-0.1, -0.05) is 17.7 Å². The lowest BCUT2D eigenvalue weighted by Gasteiger charge is -2.09. The van der Waals surface area contributed by atoms with Gasteiger partial charge in [-0.3, -0.25) is 0 Å². The van der Waals surface area contributed by atoms with Crippen LogP contribution in [0.15, 0.2) is 24.4 Å². The molecular formula is C13H8ClFN2O4. The predicted octanol–water partition coefficient (Wildman–Crippen LogP) is 2.26. The van der Waals surface area contributed by atoms with Crippen molar-refractivity contribution in [2.75, 3.05) is 0 Å². The molecule has 0 radical (unpaired) electrons. The summed E-state index contributed by atoms with van der Waals surface area (Å²) in [4.78, 5) is 29.6. The van der Waals surface area contributed by atoms with Gasteiger partial charge < -0.3 is 10.2 Å². The van der Waals surface area contributed by atoms with Crippen LogP contribution in [0.4, 0.5) is 4.39 Å². The maximum Gasteiger partial charge on any atom is 0.336 e. The van der Waals surface area contributed by atoms with E-state index in [2.05, 4.69) is 9.97 Å². The molecule has 1 heterocycles. The molecule has 2 aromatic rings. The Labute approximate surface area is 122 Å². The minimum atomic E-state index is -1.29.